The summed E-state index contributed by atoms with van der Waals surface area (Å²) in [4.78, 5) is 43.7. The van der Waals surface area contributed by atoms with Crippen LogP contribution in [0.5, 0.6) is 0 Å². The van der Waals surface area contributed by atoms with Gasteiger partial charge in [0.2, 0.25) is 5.92 Å². The molecule has 4 saturated carbocycles. The first-order valence-corrected chi connectivity index (χ1v) is 14.1. The highest BCUT2D eigenvalue weighted by atomic mass is 19.3. The van der Waals surface area contributed by atoms with Crippen molar-refractivity contribution < 1.29 is 55.7 Å². The molecule has 0 aromatic heterocycles. The summed E-state index contributed by atoms with van der Waals surface area (Å²) in [7, 11) is 0. The zero-order chi connectivity index (χ0) is 33.2. The minimum Gasteiger partial charge on any atom is -0.462 e. The van der Waals surface area contributed by atoms with Gasteiger partial charge in [-0.15, -0.1) is 0 Å². The van der Waals surface area contributed by atoms with E-state index in [4.69, 9.17) is 4.74 Å². The molecule has 0 aromatic carbocycles. The van der Waals surface area contributed by atoms with Gasteiger partial charge in [0.25, 0.3) is 0 Å². The second-order valence-electron chi connectivity index (χ2n) is 11.9. The van der Waals surface area contributed by atoms with Crippen LogP contribution in [0.1, 0.15) is 79.6 Å². The lowest BCUT2D eigenvalue weighted by atomic mass is 9.54. The fraction of sp³-hybridized carbons (Fsp3) is 0.677. The van der Waals surface area contributed by atoms with E-state index < -0.39 is 42.8 Å². The van der Waals surface area contributed by atoms with E-state index in [0.717, 1.165) is 43.9 Å². The number of rotatable bonds is 11. The van der Waals surface area contributed by atoms with Crippen LogP contribution in [-0.2, 0) is 38.1 Å². The van der Waals surface area contributed by atoms with Crippen LogP contribution in [0.25, 0.3) is 0 Å². The third kappa shape index (κ3) is 14.2. The van der Waals surface area contributed by atoms with Crippen molar-refractivity contribution in [3.8, 4) is 0 Å². The highest BCUT2D eigenvalue weighted by Crippen LogP contribution is 2.57. The van der Waals surface area contributed by atoms with E-state index in [2.05, 4.69) is 33.9 Å². The number of esters is 4. The fourth-order valence-corrected chi connectivity index (χ4v) is 5.40. The minimum absolute atomic E-state index is 0.106. The second-order valence-corrected chi connectivity index (χ2v) is 11.9. The van der Waals surface area contributed by atoms with Crippen LogP contribution < -0.4 is 0 Å². The Labute approximate surface area is 250 Å². The Morgan fingerprint density at radius 1 is 0.674 bits per heavy atom. The molecule has 4 rings (SSSR count). The van der Waals surface area contributed by atoms with Crippen LogP contribution in [0.4, 0.5) is 17.6 Å². The van der Waals surface area contributed by atoms with Crippen molar-refractivity contribution in [1.29, 1.82) is 0 Å². The molecular weight excluding hydrogens is 576 g/mol. The molecule has 0 aromatic rings. The molecule has 0 saturated heterocycles. The Morgan fingerprint density at radius 3 is 1.40 bits per heavy atom. The maximum atomic E-state index is 12.2. The van der Waals surface area contributed by atoms with Gasteiger partial charge in [-0.3, -0.25) is 0 Å². The molecule has 0 atom stereocenters. The first-order valence-electron chi connectivity index (χ1n) is 14.1. The first kappa shape index (κ1) is 37.8. The van der Waals surface area contributed by atoms with Crippen LogP contribution in [0.2, 0.25) is 0 Å². The average Bonchev–Trinajstić information content (AvgIpc) is 2.84. The molecule has 0 N–H and O–H groups in total. The van der Waals surface area contributed by atoms with Crippen LogP contribution in [0.3, 0.4) is 0 Å². The summed E-state index contributed by atoms with van der Waals surface area (Å²) in [5.74, 6) is -6.95. The van der Waals surface area contributed by atoms with E-state index in [0.29, 0.717) is 12.5 Å². The molecule has 12 heteroatoms. The molecule has 4 bridgehead atoms. The van der Waals surface area contributed by atoms with E-state index in [1.165, 1.54) is 33.1 Å². The summed E-state index contributed by atoms with van der Waals surface area (Å²) in [5.41, 5.74) is 0.831. The molecule has 0 aliphatic heterocycles. The Kier molecular flexibility index (Phi) is 14.1. The van der Waals surface area contributed by atoms with E-state index >= 15 is 0 Å². The Bertz CT molecular complexity index is 1020. The number of alkyl halides is 4. The molecule has 0 unspecified atom stereocenters. The zero-order valence-corrected chi connectivity index (χ0v) is 25.7. The lowest BCUT2D eigenvalue weighted by molar-refractivity contribution is -0.182. The fourth-order valence-electron chi connectivity index (χ4n) is 5.40. The summed E-state index contributed by atoms with van der Waals surface area (Å²) in [6, 6.07) is 0. The molecule has 0 radical (unpaired) electrons. The van der Waals surface area contributed by atoms with Gasteiger partial charge in [0.1, 0.15) is 18.8 Å². The van der Waals surface area contributed by atoms with E-state index in [9.17, 15) is 36.7 Å². The smallest absolute Gasteiger partial charge is 0.376 e. The van der Waals surface area contributed by atoms with Crippen LogP contribution in [-0.4, -0.2) is 61.1 Å². The van der Waals surface area contributed by atoms with Crippen molar-refractivity contribution in [3.63, 3.8) is 0 Å². The molecule has 0 spiro atoms. The van der Waals surface area contributed by atoms with E-state index in [-0.39, 0.29) is 35.9 Å². The van der Waals surface area contributed by atoms with Gasteiger partial charge in [0, 0.05) is 30.1 Å². The molecule has 0 amide bonds. The van der Waals surface area contributed by atoms with Crippen molar-refractivity contribution in [2.24, 2.45) is 17.8 Å². The monoisotopic (exact) mass is 620 g/mol. The number of halogens is 4. The van der Waals surface area contributed by atoms with E-state index in [1.54, 1.807) is 6.92 Å². The van der Waals surface area contributed by atoms with Crippen LogP contribution >= 0.6 is 0 Å². The summed E-state index contributed by atoms with van der Waals surface area (Å²) in [6.07, 6.45) is 7.01. The third-order valence-electron chi connectivity index (χ3n) is 7.02. The Morgan fingerprint density at radius 2 is 1.05 bits per heavy atom. The van der Waals surface area contributed by atoms with Gasteiger partial charge in [0.05, 0.1) is 6.61 Å². The lowest BCUT2D eigenvalue weighted by Gasteiger charge is -2.55. The summed E-state index contributed by atoms with van der Waals surface area (Å²) in [6.45, 7) is 15.2. The van der Waals surface area contributed by atoms with Crippen molar-refractivity contribution >= 4 is 23.9 Å². The average molecular weight is 621 g/mol. The minimum atomic E-state index is -3.53. The van der Waals surface area contributed by atoms with Crippen molar-refractivity contribution in [2.45, 2.75) is 97.0 Å². The standard InChI is InChI=1S/C14H20O2.C9H12F2O4.C8H12F2O2/c1-9(2)13(15)16-14-6-10-3-11(7-14)5-12(4-10)8-14;1-6(2)7(12)14-4-5-15-8(13)9(3,10)11;1-6(2)7(11)12-5-4-8(3,9)10/h10-12H,1,3-8H2,2H3;1,4-5H2,2-3H3;1,4-5H2,2-3H3. The Balaban J connectivity index is 0.000000327. The molecule has 244 valence electrons. The molecule has 8 nitrogen and oxygen atoms in total. The van der Waals surface area contributed by atoms with Gasteiger partial charge >= 0.3 is 29.8 Å². The van der Waals surface area contributed by atoms with Gasteiger partial charge < -0.3 is 18.9 Å². The molecule has 0 heterocycles. The summed E-state index contributed by atoms with van der Waals surface area (Å²) < 4.78 is 67.7. The van der Waals surface area contributed by atoms with Gasteiger partial charge in [-0.1, -0.05) is 19.7 Å². The number of hydrogen-bond donors (Lipinski definition) is 0. The maximum Gasteiger partial charge on any atom is 0.376 e. The van der Waals surface area contributed by atoms with E-state index in [1.807, 2.05) is 0 Å². The molecular formula is C31H44F4O8. The number of hydrogen-bond acceptors (Lipinski definition) is 8. The van der Waals surface area contributed by atoms with Gasteiger partial charge in [0.15, 0.2) is 0 Å². The SMILES string of the molecule is C=C(C)C(=O)OC12CC3CC(CC(C3)C1)C2.C=C(C)C(=O)OCCC(C)(F)F.C=C(C)C(=O)OCCOC(=O)C(C)(F)F. The van der Waals surface area contributed by atoms with Crippen molar-refractivity contribution in [3.05, 3.63) is 36.5 Å². The molecule has 4 aliphatic carbocycles. The highest BCUT2D eigenvalue weighted by molar-refractivity contribution is 5.87. The molecule has 4 aliphatic rings. The van der Waals surface area contributed by atoms with Gasteiger partial charge in [-0.25, -0.2) is 28.0 Å². The molecule has 43 heavy (non-hydrogen) atoms. The largest absolute Gasteiger partial charge is 0.462 e. The second kappa shape index (κ2) is 16.0. The van der Waals surface area contributed by atoms with Crippen LogP contribution in [0, 0.1) is 17.8 Å². The topological polar surface area (TPSA) is 105 Å². The lowest BCUT2D eigenvalue weighted by Crippen LogP contribution is -2.52. The number of carbonyl (C=O) groups excluding carboxylic acids is 4. The normalized spacial score (nSPS) is 23.3. The Hall–Kier alpha value is -3.18. The third-order valence-corrected chi connectivity index (χ3v) is 7.02. The predicted molar refractivity (Wildman–Crippen MR) is 150 cm³/mol. The quantitative estimate of drug-likeness (QED) is 0.0845. The number of ether oxygens (including phenoxy) is 4. The number of carbonyl (C=O) groups is 4. The maximum absolute atomic E-state index is 12.2. The predicted octanol–water partition coefficient (Wildman–Crippen LogP) is 6.53. The van der Waals surface area contributed by atoms with Gasteiger partial charge in [-0.2, -0.15) is 8.78 Å². The van der Waals surface area contributed by atoms with Crippen molar-refractivity contribution in [2.75, 3.05) is 19.8 Å². The summed E-state index contributed by atoms with van der Waals surface area (Å²) >= 11 is 0. The van der Waals surface area contributed by atoms with Crippen molar-refractivity contribution in [1.82, 2.24) is 0 Å². The summed E-state index contributed by atoms with van der Waals surface area (Å²) in [5, 5.41) is 0. The van der Waals surface area contributed by atoms with Gasteiger partial charge in [-0.05, 0) is 84.0 Å². The first-order chi connectivity index (χ1) is 19.6. The van der Waals surface area contributed by atoms with Crippen LogP contribution in [0.15, 0.2) is 36.5 Å². The highest BCUT2D eigenvalue weighted by Gasteiger charge is 2.53. The zero-order valence-electron chi connectivity index (χ0n) is 25.7. The molecule has 4 fully saturated rings.